The zero-order chi connectivity index (χ0) is 16.7. The lowest BCUT2D eigenvalue weighted by Crippen LogP contribution is -2.45. The second-order valence-electron chi connectivity index (χ2n) is 4.81. The first-order chi connectivity index (χ1) is 10.3. The van der Waals surface area contributed by atoms with Crippen molar-refractivity contribution in [1.82, 2.24) is 5.32 Å². The van der Waals surface area contributed by atoms with Gasteiger partial charge in [0.25, 0.3) is 5.91 Å². The van der Waals surface area contributed by atoms with Crippen molar-refractivity contribution in [3.63, 3.8) is 0 Å². The number of nitrogens with zero attached hydrogens (tertiary/aromatic N) is 1. The monoisotopic (exact) mass is 303 g/mol. The van der Waals surface area contributed by atoms with Crippen LogP contribution in [0.3, 0.4) is 0 Å². The van der Waals surface area contributed by atoms with Crippen LogP contribution in [0.5, 0.6) is 5.75 Å². The fraction of sp³-hybridized carbons (Fsp3) is 0.333. The summed E-state index contributed by atoms with van der Waals surface area (Å²) in [5.41, 5.74) is 5.51. The van der Waals surface area contributed by atoms with E-state index in [0.717, 1.165) is 0 Å². The molecule has 1 aromatic rings. The second kappa shape index (κ2) is 7.78. The highest BCUT2D eigenvalue weighted by molar-refractivity contribution is 5.97. The van der Waals surface area contributed by atoms with Crippen LogP contribution in [0.15, 0.2) is 24.3 Å². The van der Waals surface area contributed by atoms with Gasteiger partial charge in [-0.2, -0.15) is 5.26 Å². The summed E-state index contributed by atoms with van der Waals surface area (Å²) < 4.78 is 4.85. The van der Waals surface area contributed by atoms with Gasteiger partial charge in [-0.25, -0.2) is 0 Å². The number of primary amides is 1. The van der Waals surface area contributed by atoms with E-state index in [1.165, 1.54) is 31.2 Å². The maximum absolute atomic E-state index is 12.1. The number of nitrogens with one attached hydrogen (secondary N) is 1. The fourth-order valence-corrected chi connectivity index (χ4v) is 1.73. The molecule has 0 aliphatic heterocycles. The highest BCUT2D eigenvalue weighted by Crippen LogP contribution is 2.13. The summed E-state index contributed by atoms with van der Waals surface area (Å²) in [6, 6.07) is 6.91. The molecule has 0 saturated heterocycles. The van der Waals surface area contributed by atoms with E-state index in [1.807, 2.05) is 6.07 Å². The number of carbonyl (C=O) groups excluding carboxylic acids is 3. The van der Waals surface area contributed by atoms with E-state index in [0.29, 0.717) is 5.75 Å². The predicted octanol–water partition coefficient (Wildman–Crippen LogP) is 0.745. The van der Waals surface area contributed by atoms with Crippen LogP contribution in [0.2, 0.25) is 0 Å². The van der Waals surface area contributed by atoms with Crippen LogP contribution in [0.1, 0.15) is 30.6 Å². The summed E-state index contributed by atoms with van der Waals surface area (Å²) >= 11 is 0. The van der Waals surface area contributed by atoms with Crippen molar-refractivity contribution >= 4 is 17.8 Å². The normalized spacial score (nSPS) is 12.6. The lowest BCUT2D eigenvalue weighted by Gasteiger charge is -2.16. The van der Waals surface area contributed by atoms with E-state index in [1.54, 1.807) is 6.92 Å². The zero-order valence-electron chi connectivity index (χ0n) is 12.3. The van der Waals surface area contributed by atoms with E-state index < -0.39 is 29.7 Å². The molecule has 1 aromatic carbocycles. The third kappa shape index (κ3) is 5.25. The lowest BCUT2D eigenvalue weighted by atomic mass is 10.0. The molecule has 7 heteroatoms. The van der Waals surface area contributed by atoms with E-state index in [4.69, 9.17) is 15.7 Å². The Bertz CT molecular complexity index is 604. The van der Waals surface area contributed by atoms with Crippen LogP contribution in [0, 0.1) is 17.2 Å². The molecule has 2 amide bonds. The van der Waals surface area contributed by atoms with Gasteiger partial charge >= 0.3 is 5.97 Å². The Morgan fingerprint density at radius 2 is 1.91 bits per heavy atom. The molecule has 1 rings (SSSR count). The molecule has 0 aliphatic rings. The highest BCUT2D eigenvalue weighted by Gasteiger charge is 2.21. The number of hydrogen-bond acceptors (Lipinski definition) is 5. The molecule has 7 nitrogen and oxygen atoms in total. The van der Waals surface area contributed by atoms with Gasteiger partial charge in [-0.3, -0.25) is 14.4 Å². The Hall–Kier alpha value is -2.88. The minimum atomic E-state index is -0.921. The van der Waals surface area contributed by atoms with Gasteiger partial charge in [-0.05, 0) is 37.6 Å². The number of rotatable bonds is 6. The Kier molecular flexibility index (Phi) is 6.08. The average Bonchev–Trinajstić information content (AvgIpc) is 2.46. The summed E-state index contributed by atoms with van der Waals surface area (Å²) in [4.78, 5) is 34.2. The summed E-state index contributed by atoms with van der Waals surface area (Å²) in [6.07, 6.45) is 0.142. The number of ether oxygens (including phenoxy) is 1. The van der Waals surface area contributed by atoms with Gasteiger partial charge in [0.05, 0.1) is 6.07 Å². The molecule has 116 valence electrons. The van der Waals surface area contributed by atoms with Gasteiger partial charge in [-0.1, -0.05) is 0 Å². The minimum Gasteiger partial charge on any atom is -0.427 e. The van der Waals surface area contributed by atoms with Crippen molar-refractivity contribution in [2.75, 3.05) is 0 Å². The van der Waals surface area contributed by atoms with Crippen molar-refractivity contribution < 1.29 is 19.1 Å². The van der Waals surface area contributed by atoms with Crippen molar-refractivity contribution in [1.29, 1.82) is 5.26 Å². The lowest BCUT2D eigenvalue weighted by molar-refractivity contribution is -0.131. The zero-order valence-corrected chi connectivity index (χ0v) is 12.3. The van der Waals surface area contributed by atoms with E-state index in [9.17, 15) is 14.4 Å². The summed E-state index contributed by atoms with van der Waals surface area (Å²) in [5.74, 6) is -1.76. The van der Waals surface area contributed by atoms with Gasteiger partial charge in [0.1, 0.15) is 11.8 Å². The van der Waals surface area contributed by atoms with E-state index >= 15 is 0 Å². The molecule has 0 fully saturated rings. The van der Waals surface area contributed by atoms with Gasteiger partial charge in [0, 0.05) is 18.4 Å². The topological polar surface area (TPSA) is 122 Å². The standard InChI is InChI=1S/C15H17N3O4/c1-9(8-16)7-13(14(17)20)18-15(21)11-3-5-12(6-4-11)22-10(2)19/h3-6,9,13H,7H2,1-2H3,(H2,17,20)(H,18,21)/t9-,13-/m1/s1. The molecule has 0 heterocycles. The Morgan fingerprint density at radius 1 is 1.32 bits per heavy atom. The van der Waals surface area contributed by atoms with Crippen LogP contribution in [0.4, 0.5) is 0 Å². The summed E-state index contributed by atoms with van der Waals surface area (Å²) in [7, 11) is 0. The van der Waals surface area contributed by atoms with Crippen LogP contribution in [-0.4, -0.2) is 23.8 Å². The molecule has 0 bridgehead atoms. The van der Waals surface area contributed by atoms with Gasteiger partial charge in [0.15, 0.2) is 0 Å². The number of carbonyl (C=O) groups is 3. The molecule has 0 spiro atoms. The van der Waals surface area contributed by atoms with Gasteiger partial charge in [0.2, 0.25) is 5.91 Å². The molecular formula is C15H17N3O4. The largest absolute Gasteiger partial charge is 0.427 e. The minimum absolute atomic E-state index is 0.142. The molecular weight excluding hydrogens is 286 g/mol. The third-order valence-electron chi connectivity index (χ3n) is 2.84. The molecule has 3 N–H and O–H groups in total. The maximum Gasteiger partial charge on any atom is 0.308 e. The van der Waals surface area contributed by atoms with Crippen LogP contribution < -0.4 is 15.8 Å². The van der Waals surface area contributed by atoms with E-state index in [2.05, 4.69) is 5.32 Å². The Labute approximate surface area is 128 Å². The molecule has 0 unspecified atom stereocenters. The van der Waals surface area contributed by atoms with E-state index in [-0.39, 0.29) is 12.0 Å². The van der Waals surface area contributed by atoms with Crippen molar-refractivity contribution in [2.45, 2.75) is 26.3 Å². The predicted molar refractivity (Wildman–Crippen MR) is 77.6 cm³/mol. The Balaban J connectivity index is 2.75. The van der Waals surface area contributed by atoms with Crippen molar-refractivity contribution in [2.24, 2.45) is 11.7 Å². The molecule has 22 heavy (non-hydrogen) atoms. The number of benzene rings is 1. The third-order valence-corrected chi connectivity index (χ3v) is 2.84. The second-order valence-corrected chi connectivity index (χ2v) is 4.81. The smallest absolute Gasteiger partial charge is 0.308 e. The number of nitrogens with two attached hydrogens (primary N) is 1. The number of nitriles is 1. The first-order valence-corrected chi connectivity index (χ1v) is 6.61. The first-order valence-electron chi connectivity index (χ1n) is 6.61. The van der Waals surface area contributed by atoms with Crippen LogP contribution >= 0.6 is 0 Å². The Morgan fingerprint density at radius 3 is 2.36 bits per heavy atom. The highest BCUT2D eigenvalue weighted by atomic mass is 16.5. The van der Waals surface area contributed by atoms with Gasteiger partial charge < -0.3 is 15.8 Å². The van der Waals surface area contributed by atoms with Crippen molar-refractivity contribution in [3.05, 3.63) is 29.8 Å². The SMILES string of the molecule is CC(=O)Oc1ccc(C(=O)N[C@H](C[C@@H](C)C#N)C(N)=O)cc1. The average molecular weight is 303 g/mol. The molecule has 2 atom stereocenters. The molecule has 0 aliphatic carbocycles. The van der Waals surface area contributed by atoms with Crippen molar-refractivity contribution in [3.8, 4) is 11.8 Å². The van der Waals surface area contributed by atoms with Crippen LogP contribution in [0.25, 0.3) is 0 Å². The molecule has 0 aromatic heterocycles. The molecule has 0 saturated carbocycles. The fourth-order valence-electron chi connectivity index (χ4n) is 1.73. The first kappa shape index (κ1) is 17.2. The number of amides is 2. The summed E-state index contributed by atoms with van der Waals surface area (Å²) in [6.45, 7) is 2.91. The maximum atomic E-state index is 12.1. The van der Waals surface area contributed by atoms with Crippen LogP contribution in [-0.2, 0) is 9.59 Å². The molecule has 0 radical (unpaired) electrons. The number of esters is 1. The number of hydrogen-bond donors (Lipinski definition) is 2. The quantitative estimate of drug-likeness (QED) is 0.593. The van der Waals surface area contributed by atoms with Gasteiger partial charge in [-0.15, -0.1) is 0 Å². The summed E-state index contributed by atoms with van der Waals surface area (Å²) in [5, 5.41) is 11.2.